The van der Waals surface area contributed by atoms with Gasteiger partial charge in [-0.3, -0.25) is 5.32 Å². The molecule has 0 bridgehead atoms. The summed E-state index contributed by atoms with van der Waals surface area (Å²) in [5.41, 5.74) is -0.414. The summed E-state index contributed by atoms with van der Waals surface area (Å²) >= 11 is 0. The Morgan fingerprint density at radius 3 is 2.75 bits per heavy atom. The van der Waals surface area contributed by atoms with Gasteiger partial charge in [0.2, 0.25) is 0 Å². The summed E-state index contributed by atoms with van der Waals surface area (Å²) in [6.07, 6.45) is 3.44. The number of ether oxygens (including phenoxy) is 1. The van der Waals surface area contributed by atoms with Crippen LogP contribution in [-0.2, 0) is 4.74 Å². The highest BCUT2D eigenvalue weighted by molar-refractivity contribution is 5.08. The fourth-order valence-corrected chi connectivity index (χ4v) is 1.89. The van der Waals surface area contributed by atoms with E-state index in [2.05, 4.69) is 23.3 Å². The van der Waals surface area contributed by atoms with E-state index < -0.39 is 5.54 Å². The summed E-state index contributed by atoms with van der Waals surface area (Å²) in [4.78, 5) is 2.19. The number of nitrogens with zero attached hydrogens (tertiary/aromatic N) is 2. The summed E-state index contributed by atoms with van der Waals surface area (Å²) < 4.78 is 5.02. The molecule has 0 spiro atoms. The highest BCUT2D eigenvalue weighted by Gasteiger charge is 2.33. The van der Waals surface area contributed by atoms with Crippen molar-refractivity contribution in [3.8, 4) is 6.07 Å². The number of hydrogen-bond acceptors (Lipinski definition) is 4. The van der Waals surface area contributed by atoms with Crippen LogP contribution in [0.15, 0.2) is 0 Å². The molecule has 0 saturated heterocycles. The average molecular weight is 225 g/mol. The molecule has 0 aliphatic heterocycles. The average Bonchev–Trinajstić information content (AvgIpc) is 3.02. The molecule has 0 aromatic rings. The highest BCUT2D eigenvalue weighted by Crippen LogP contribution is 2.22. The van der Waals surface area contributed by atoms with Crippen molar-refractivity contribution in [2.45, 2.75) is 37.8 Å². The van der Waals surface area contributed by atoms with Crippen LogP contribution in [0.5, 0.6) is 0 Å². The van der Waals surface area contributed by atoms with Crippen LogP contribution in [0.3, 0.4) is 0 Å². The second-order valence-electron chi connectivity index (χ2n) is 4.95. The Morgan fingerprint density at radius 2 is 2.25 bits per heavy atom. The Labute approximate surface area is 98.6 Å². The van der Waals surface area contributed by atoms with Gasteiger partial charge in [-0.1, -0.05) is 0 Å². The second kappa shape index (κ2) is 6.19. The van der Waals surface area contributed by atoms with Gasteiger partial charge in [0.25, 0.3) is 0 Å². The molecular weight excluding hydrogens is 202 g/mol. The molecule has 4 nitrogen and oxygen atoms in total. The molecule has 16 heavy (non-hydrogen) atoms. The fourth-order valence-electron chi connectivity index (χ4n) is 1.89. The third kappa shape index (κ3) is 4.93. The molecule has 0 aromatic carbocycles. The molecule has 1 atom stereocenters. The number of likely N-dealkylation sites (N-methyl/N-ethyl adjacent to an activating group) is 1. The SMILES string of the molecule is COCCCN(C)CC(C)(C#N)NC1CC1. The van der Waals surface area contributed by atoms with Crippen LogP contribution in [0.4, 0.5) is 0 Å². The molecule has 1 rings (SSSR count). The molecule has 0 radical (unpaired) electrons. The molecule has 1 N–H and O–H groups in total. The van der Waals surface area contributed by atoms with Crippen molar-refractivity contribution in [2.75, 3.05) is 33.9 Å². The van der Waals surface area contributed by atoms with Gasteiger partial charge < -0.3 is 9.64 Å². The van der Waals surface area contributed by atoms with Gasteiger partial charge in [0.1, 0.15) is 5.54 Å². The quantitative estimate of drug-likeness (QED) is 0.626. The van der Waals surface area contributed by atoms with E-state index in [0.29, 0.717) is 6.04 Å². The molecule has 92 valence electrons. The first kappa shape index (κ1) is 13.4. The maximum absolute atomic E-state index is 9.22. The van der Waals surface area contributed by atoms with E-state index in [1.807, 2.05) is 6.92 Å². The van der Waals surface area contributed by atoms with Crippen molar-refractivity contribution in [1.82, 2.24) is 10.2 Å². The van der Waals surface area contributed by atoms with Gasteiger partial charge in [0.05, 0.1) is 6.07 Å². The smallest absolute Gasteiger partial charge is 0.116 e. The van der Waals surface area contributed by atoms with Crippen molar-refractivity contribution in [2.24, 2.45) is 0 Å². The minimum absolute atomic E-state index is 0.414. The third-order valence-electron chi connectivity index (χ3n) is 2.82. The Kier molecular flexibility index (Phi) is 5.20. The summed E-state index contributed by atoms with van der Waals surface area (Å²) in [5, 5.41) is 12.6. The first-order valence-corrected chi connectivity index (χ1v) is 5.96. The number of nitriles is 1. The van der Waals surface area contributed by atoms with Crippen molar-refractivity contribution in [3.63, 3.8) is 0 Å². The molecule has 0 aromatic heterocycles. The summed E-state index contributed by atoms with van der Waals surface area (Å²) in [7, 11) is 3.77. The highest BCUT2D eigenvalue weighted by atomic mass is 16.5. The van der Waals surface area contributed by atoms with Crippen LogP contribution in [0, 0.1) is 11.3 Å². The minimum Gasteiger partial charge on any atom is -0.385 e. The van der Waals surface area contributed by atoms with E-state index in [4.69, 9.17) is 4.74 Å². The van der Waals surface area contributed by atoms with E-state index >= 15 is 0 Å². The van der Waals surface area contributed by atoms with Gasteiger partial charge in [0.15, 0.2) is 0 Å². The van der Waals surface area contributed by atoms with Gasteiger partial charge in [-0.05, 0) is 33.2 Å². The zero-order valence-electron chi connectivity index (χ0n) is 10.6. The van der Waals surface area contributed by atoms with Crippen molar-refractivity contribution < 1.29 is 4.74 Å². The summed E-state index contributed by atoms with van der Waals surface area (Å²) in [6, 6.07) is 2.95. The molecule has 1 fully saturated rings. The second-order valence-corrected chi connectivity index (χ2v) is 4.95. The largest absolute Gasteiger partial charge is 0.385 e. The predicted octanol–water partition coefficient (Wildman–Crippen LogP) is 0.989. The number of methoxy groups -OCH3 is 1. The fraction of sp³-hybridized carbons (Fsp3) is 0.917. The lowest BCUT2D eigenvalue weighted by Gasteiger charge is -2.29. The van der Waals surface area contributed by atoms with E-state index in [0.717, 1.165) is 26.1 Å². The Balaban J connectivity index is 2.27. The van der Waals surface area contributed by atoms with Crippen LogP contribution in [0.25, 0.3) is 0 Å². The van der Waals surface area contributed by atoms with Crippen LogP contribution in [0.2, 0.25) is 0 Å². The Bertz CT molecular complexity index is 247. The first-order chi connectivity index (χ1) is 7.59. The molecule has 1 unspecified atom stereocenters. The van der Waals surface area contributed by atoms with Gasteiger partial charge in [-0.25, -0.2) is 0 Å². The minimum atomic E-state index is -0.414. The maximum atomic E-state index is 9.22. The molecule has 1 aliphatic carbocycles. The monoisotopic (exact) mass is 225 g/mol. The molecule has 0 heterocycles. The first-order valence-electron chi connectivity index (χ1n) is 5.96. The lowest BCUT2D eigenvalue weighted by atomic mass is 10.0. The van der Waals surface area contributed by atoms with Crippen LogP contribution >= 0.6 is 0 Å². The van der Waals surface area contributed by atoms with Crippen molar-refractivity contribution in [3.05, 3.63) is 0 Å². The summed E-state index contributed by atoms with van der Waals surface area (Å²) in [5.74, 6) is 0. The van der Waals surface area contributed by atoms with E-state index in [1.165, 1.54) is 12.8 Å². The van der Waals surface area contributed by atoms with Gasteiger partial charge in [-0.15, -0.1) is 0 Å². The zero-order valence-corrected chi connectivity index (χ0v) is 10.6. The number of hydrogen-bond donors (Lipinski definition) is 1. The normalized spacial score (nSPS) is 19.4. The molecule has 0 amide bonds. The predicted molar refractivity (Wildman–Crippen MR) is 64.2 cm³/mol. The van der Waals surface area contributed by atoms with Crippen LogP contribution in [0.1, 0.15) is 26.2 Å². The summed E-state index contributed by atoms with van der Waals surface area (Å²) in [6.45, 7) is 4.50. The maximum Gasteiger partial charge on any atom is 0.116 e. The van der Waals surface area contributed by atoms with E-state index in [-0.39, 0.29) is 0 Å². The molecular formula is C12H23N3O. The lowest BCUT2D eigenvalue weighted by molar-refractivity contribution is 0.172. The van der Waals surface area contributed by atoms with E-state index in [9.17, 15) is 5.26 Å². The van der Waals surface area contributed by atoms with Crippen molar-refractivity contribution >= 4 is 0 Å². The number of rotatable bonds is 8. The Hall–Kier alpha value is -0.630. The molecule has 1 aliphatic rings. The van der Waals surface area contributed by atoms with Gasteiger partial charge in [-0.2, -0.15) is 5.26 Å². The van der Waals surface area contributed by atoms with Gasteiger partial charge >= 0.3 is 0 Å². The van der Waals surface area contributed by atoms with Gasteiger partial charge in [0, 0.05) is 32.8 Å². The molecule has 1 saturated carbocycles. The lowest BCUT2D eigenvalue weighted by Crippen LogP contribution is -2.50. The van der Waals surface area contributed by atoms with Crippen LogP contribution in [-0.4, -0.2) is 50.3 Å². The van der Waals surface area contributed by atoms with Crippen molar-refractivity contribution in [1.29, 1.82) is 5.26 Å². The van der Waals surface area contributed by atoms with E-state index in [1.54, 1.807) is 7.11 Å². The zero-order chi connectivity index (χ0) is 12.0. The molecule has 4 heteroatoms. The number of nitrogens with one attached hydrogen (secondary N) is 1. The Morgan fingerprint density at radius 1 is 1.56 bits per heavy atom. The standard InChI is InChI=1S/C12H23N3O/c1-12(9-13,14-11-5-6-11)10-15(2)7-4-8-16-3/h11,14H,4-8,10H2,1-3H3. The van der Waals surface area contributed by atoms with Crippen LogP contribution < -0.4 is 5.32 Å². The third-order valence-corrected chi connectivity index (χ3v) is 2.82. The topological polar surface area (TPSA) is 48.3 Å².